The molecule has 6 nitrogen and oxygen atoms in total. The third kappa shape index (κ3) is 3.90. The van der Waals surface area contributed by atoms with Gasteiger partial charge in [0.15, 0.2) is 0 Å². The molecule has 17 heavy (non-hydrogen) atoms. The van der Waals surface area contributed by atoms with Crippen molar-refractivity contribution in [2.24, 2.45) is 0 Å². The molecule has 1 rings (SSSR count). The van der Waals surface area contributed by atoms with Gasteiger partial charge in [0.25, 0.3) is 5.56 Å². The molecule has 0 bridgehead atoms. The van der Waals surface area contributed by atoms with Gasteiger partial charge in [-0.3, -0.25) is 19.1 Å². The molecule has 0 spiro atoms. The predicted octanol–water partition coefficient (Wildman–Crippen LogP) is -0.240. The minimum atomic E-state index is -0.579. The molecule has 1 aromatic heterocycles. The SMILES string of the molecule is Cc1cn(CC(=O)NC(C)(C)C)c(=O)[nH]c1=O. The molecule has 0 saturated carbocycles. The van der Waals surface area contributed by atoms with E-state index in [1.165, 1.54) is 10.8 Å². The van der Waals surface area contributed by atoms with Crippen LogP contribution in [0.4, 0.5) is 0 Å². The van der Waals surface area contributed by atoms with E-state index in [1.807, 2.05) is 20.8 Å². The molecule has 6 heteroatoms. The Labute approximate surface area is 98.7 Å². The van der Waals surface area contributed by atoms with Gasteiger partial charge in [0.2, 0.25) is 5.91 Å². The Balaban J connectivity index is 2.90. The lowest BCUT2D eigenvalue weighted by molar-refractivity contribution is -0.123. The van der Waals surface area contributed by atoms with E-state index in [2.05, 4.69) is 10.3 Å². The van der Waals surface area contributed by atoms with Crippen LogP contribution in [0.5, 0.6) is 0 Å². The van der Waals surface area contributed by atoms with Gasteiger partial charge in [-0.15, -0.1) is 0 Å². The Bertz CT molecular complexity index is 534. The standard InChI is InChI=1S/C11H17N3O3/c1-7-5-14(10(17)12-9(7)16)6-8(15)13-11(2,3)4/h5H,6H2,1-4H3,(H,13,15)(H,12,16,17). The summed E-state index contributed by atoms with van der Waals surface area (Å²) in [5.41, 5.74) is -0.960. The van der Waals surface area contributed by atoms with Crippen molar-refractivity contribution in [1.82, 2.24) is 14.9 Å². The number of H-pyrrole nitrogens is 1. The van der Waals surface area contributed by atoms with Gasteiger partial charge >= 0.3 is 5.69 Å². The molecule has 1 heterocycles. The van der Waals surface area contributed by atoms with E-state index < -0.39 is 11.2 Å². The first-order valence-electron chi connectivity index (χ1n) is 5.30. The number of nitrogens with one attached hydrogen (secondary N) is 2. The summed E-state index contributed by atoms with van der Waals surface area (Å²) in [6.45, 7) is 7.04. The second-order valence-corrected chi connectivity index (χ2v) is 5.00. The third-order valence-electron chi connectivity index (χ3n) is 2.02. The molecule has 0 fully saturated rings. The number of rotatable bonds is 2. The number of carbonyl (C=O) groups is 1. The summed E-state index contributed by atoms with van der Waals surface area (Å²) in [4.78, 5) is 36.3. The van der Waals surface area contributed by atoms with Crippen LogP contribution in [0.2, 0.25) is 0 Å². The van der Waals surface area contributed by atoms with Gasteiger partial charge < -0.3 is 5.32 Å². The maximum atomic E-state index is 11.6. The summed E-state index contributed by atoms with van der Waals surface area (Å²) in [6, 6.07) is 0. The van der Waals surface area contributed by atoms with Gasteiger partial charge in [-0.2, -0.15) is 0 Å². The van der Waals surface area contributed by atoms with Gasteiger partial charge in [-0.05, 0) is 27.7 Å². The molecule has 1 amide bonds. The predicted molar refractivity (Wildman–Crippen MR) is 64.0 cm³/mol. The Morgan fingerprint density at radius 2 is 2.00 bits per heavy atom. The first-order chi connectivity index (χ1) is 7.69. The van der Waals surface area contributed by atoms with Crippen LogP contribution in [0.3, 0.4) is 0 Å². The van der Waals surface area contributed by atoms with Crippen molar-refractivity contribution < 1.29 is 4.79 Å². The molecule has 0 aromatic carbocycles. The normalized spacial score (nSPS) is 11.3. The van der Waals surface area contributed by atoms with Crippen molar-refractivity contribution in [1.29, 1.82) is 0 Å². The van der Waals surface area contributed by atoms with Crippen molar-refractivity contribution >= 4 is 5.91 Å². The lowest BCUT2D eigenvalue weighted by Crippen LogP contribution is -2.44. The molecule has 0 saturated heterocycles. The molecular weight excluding hydrogens is 222 g/mol. The minimum absolute atomic E-state index is 0.103. The molecule has 0 aliphatic rings. The van der Waals surface area contributed by atoms with Crippen LogP contribution >= 0.6 is 0 Å². The fourth-order valence-corrected chi connectivity index (χ4v) is 1.35. The van der Waals surface area contributed by atoms with Gasteiger partial charge in [-0.25, -0.2) is 4.79 Å². The minimum Gasteiger partial charge on any atom is -0.350 e. The monoisotopic (exact) mass is 239 g/mol. The van der Waals surface area contributed by atoms with E-state index in [1.54, 1.807) is 6.92 Å². The van der Waals surface area contributed by atoms with Crippen molar-refractivity contribution in [3.63, 3.8) is 0 Å². The molecule has 0 atom stereocenters. The maximum absolute atomic E-state index is 11.6. The first-order valence-corrected chi connectivity index (χ1v) is 5.30. The van der Waals surface area contributed by atoms with Crippen molar-refractivity contribution in [2.45, 2.75) is 39.8 Å². The van der Waals surface area contributed by atoms with E-state index in [-0.39, 0.29) is 18.0 Å². The molecule has 1 aromatic rings. The molecule has 94 valence electrons. The second kappa shape index (κ2) is 4.57. The quantitative estimate of drug-likeness (QED) is 0.747. The number of carbonyl (C=O) groups excluding carboxylic acids is 1. The number of aryl methyl sites for hydroxylation is 1. The Morgan fingerprint density at radius 1 is 1.41 bits per heavy atom. The van der Waals surface area contributed by atoms with E-state index in [9.17, 15) is 14.4 Å². The highest BCUT2D eigenvalue weighted by Gasteiger charge is 2.14. The van der Waals surface area contributed by atoms with Crippen LogP contribution < -0.4 is 16.6 Å². The molecule has 0 unspecified atom stereocenters. The van der Waals surface area contributed by atoms with Crippen molar-refractivity contribution in [3.05, 3.63) is 32.6 Å². The highest BCUT2D eigenvalue weighted by atomic mass is 16.2. The summed E-state index contributed by atoms with van der Waals surface area (Å²) < 4.78 is 1.18. The lowest BCUT2D eigenvalue weighted by atomic mass is 10.1. The maximum Gasteiger partial charge on any atom is 0.328 e. The summed E-state index contributed by atoms with van der Waals surface area (Å²) >= 11 is 0. The van der Waals surface area contributed by atoms with E-state index in [0.29, 0.717) is 5.56 Å². The second-order valence-electron chi connectivity index (χ2n) is 5.00. The zero-order chi connectivity index (χ0) is 13.2. The fraction of sp³-hybridized carbons (Fsp3) is 0.545. The zero-order valence-electron chi connectivity index (χ0n) is 10.5. The summed E-state index contributed by atoms with van der Waals surface area (Å²) in [6.07, 6.45) is 1.38. The van der Waals surface area contributed by atoms with E-state index >= 15 is 0 Å². The highest BCUT2D eigenvalue weighted by Crippen LogP contribution is 1.98. The molecule has 2 N–H and O–H groups in total. The summed E-state index contributed by atoms with van der Waals surface area (Å²) in [5, 5.41) is 2.74. The number of hydrogen-bond acceptors (Lipinski definition) is 3. The Morgan fingerprint density at radius 3 is 2.53 bits per heavy atom. The Hall–Kier alpha value is -1.85. The summed E-state index contributed by atoms with van der Waals surface area (Å²) in [5.74, 6) is -0.272. The van der Waals surface area contributed by atoms with Crippen LogP contribution in [0.25, 0.3) is 0 Å². The van der Waals surface area contributed by atoms with Gasteiger partial charge in [-0.1, -0.05) is 0 Å². The highest BCUT2D eigenvalue weighted by molar-refractivity contribution is 5.76. The number of aromatic amines is 1. The van der Waals surface area contributed by atoms with E-state index in [4.69, 9.17) is 0 Å². The molecule has 0 aliphatic carbocycles. The van der Waals surface area contributed by atoms with Crippen LogP contribution in [0, 0.1) is 6.92 Å². The number of hydrogen-bond donors (Lipinski definition) is 2. The van der Waals surface area contributed by atoms with Gasteiger partial charge in [0, 0.05) is 17.3 Å². The number of amides is 1. The summed E-state index contributed by atoms with van der Waals surface area (Å²) in [7, 11) is 0. The Kier molecular flexibility index (Phi) is 3.55. The molecule has 0 radical (unpaired) electrons. The molecule has 0 aliphatic heterocycles. The topological polar surface area (TPSA) is 84.0 Å². The first kappa shape index (κ1) is 13.2. The largest absolute Gasteiger partial charge is 0.350 e. The number of aromatic nitrogens is 2. The molecular formula is C11H17N3O3. The van der Waals surface area contributed by atoms with Crippen molar-refractivity contribution in [3.8, 4) is 0 Å². The fourth-order valence-electron chi connectivity index (χ4n) is 1.35. The zero-order valence-corrected chi connectivity index (χ0v) is 10.5. The third-order valence-corrected chi connectivity index (χ3v) is 2.02. The van der Waals surface area contributed by atoms with Crippen LogP contribution in [-0.4, -0.2) is 21.0 Å². The smallest absolute Gasteiger partial charge is 0.328 e. The lowest BCUT2D eigenvalue weighted by Gasteiger charge is -2.20. The number of nitrogens with zero attached hydrogens (tertiary/aromatic N) is 1. The average Bonchev–Trinajstić information content (AvgIpc) is 2.11. The average molecular weight is 239 g/mol. The van der Waals surface area contributed by atoms with Crippen LogP contribution in [-0.2, 0) is 11.3 Å². The van der Waals surface area contributed by atoms with Gasteiger partial charge in [0.05, 0.1) is 0 Å². The van der Waals surface area contributed by atoms with Crippen molar-refractivity contribution in [2.75, 3.05) is 0 Å². The van der Waals surface area contributed by atoms with Gasteiger partial charge in [0.1, 0.15) is 6.54 Å². The van der Waals surface area contributed by atoms with Crippen LogP contribution in [0.15, 0.2) is 15.8 Å². The van der Waals surface area contributed by atoms with E-state index in [0.717, 1.165) is 0 Å². The van der Waals surface area contributed by atoms with Crippen LogP contribution in [0.1, 0.15) is 26.3 Å².